The monoisotopic (exact) mass is 319 g/mol. The van der Waals surface area contributed by atoms with Crippen molar-refractivity contribution in [3.8, 4) is 0 Å². The predicted molar refractivity (Wildman–Crippen MR) is 105 cm³/mol. The Morgan fingerprint density at radius 2 is 1.48 bits per heavy atom. The predicted octanol–water partition coefficient (Wildman–Crippen LogP) is 6.75. The lowest BCUT2D eigenvalue weighted by Crippen LogP contribution is -2.43. The molecule has 0 radical (unpaired) electrons. The molecule has 1 nitrogen and oxygen atoms in total. The molecule has 0 aliphatic carbocycles. The fourth-order valence-corrected chi connectivity index (χ4v) is 3.81. The number of nitrogens with zero attached hydrogens (tertiary/aromatic N) is 1. The van der Waals surface area contributed by atoms with Crippen LogP contribution in [-0.4, -0.2) is 23.5 Å². The molecule has 1 fully saturated rings. The number of hydrogen-bond acceptors (Lipinski definition) is 1. The molecular weight excluding hydrogens is 278 g/mol. The standard InChI is InChI=1S/C22H41N/c1-8-19(2)13-14-21(4,5)17-20(3)18-22(6,7)23-15-11-9-10-12-16-23/h13,18H,8-12,14-17H2,1-7H3/b19-13+,20-18+. The second-order valence-corrected chi connectivity index (χ2v) is 8.99. The Hall–Kier alpha value is -0.560. The van der Waals surface area contributed by atoms with Gasteiger partial charge in [-0.15, -0.1) is 0 Å². The third kappa shape index (κ3) is 7.70. The zero-order valence-corrected chi connectivity index (χ0v) is 17.0. The highest BCUT2D eigenvalue weighted by atomic mass is 15.2. The summed E-state index contributed by atoms with van der Waals surface area (Å²) >= 11 is 0. The van der Waals surface area contributed by atoms with Crippen LogP contribution in [0.4, 0.5) is 0 Å². The van der Waals surface area contributed by atoms with Gasteiger partial charge in [-0.2, -0.15) is 0 Å². The Labute approximate surface area is 146 Å². The first-order valence-corrected chi connectivity index (χ1v) is 9.75. The third-order valence-electron chi connectivity index (χ3n) is 5.34. The summed E-state index contributed by atoms with van der Waals surface area (Å²) in [5, 5.41) is 0. The van der Waals surface area contributed by atoms with E-state index in [-0.39, 0.29) is 5.54 Å². The lowest BCUT2D eigenvalue weighted by atomic mass is 9.81. The van der Waals surface area contributed by atoms with E-state index in [0.717, 1.165) is 0 Å². The molecule has 1 saturated heterocycles. The summed E-state index contributed by atoms with van der Waals surface area (Å²) in [5.41, 5.74) is 3.61. The topological polar surface area (TPSA) is 3.24 Å². The van der Waals surface area contributed by atoms with E-state index >= 15 is 0 Å². The van der Waals surface area contributed by atoms with Crippen molar-refractivity contribution in [1.82, 2.24) is 4.90 Å². The van der Waals surface area contributed by atoms with Crippen LogP contribution in [0.1, 0.15) is 93.4 Å². The van der Waals surface area contributed by atoms with Gasteiger partial charge in [0.15, 0.2) is 0 Å². The minimum Gasteiger partial charge on any atom is -0.295 e. The van der Waals surface area contributed by atoms with Gasteiger partial charge >= 0.3 is 0 Å². The summed E-state index contributed by atoms with van der Waals surface area (Å²) in [6.45, 7) is 19.0. The highest BCUT2D eigenvalue weighted by Gasteiger charge is 2.26. The SMILES string of the molecule is CC/C(C)=C/CC(C)(C)C/C(C)=C/C(C)(C)N1CCCCCC1. The molecule has 1 heterocycles. The van der Waals surface area contributed by atoms with Gasteiger partial charge in [-0.25, -0.2) is 0 Å². The molecule has 0 atom stereocenters. The van der Waals surface area contributed by atoms with Crippen LogP contribution in [0.25, 0.3) is 0 Å². The minimum atomic E-state index is 0.194. The zero-order valence-electron chi connectivity index (χ0n) is 17.0. The van der Waals surface area contributed by atoms with Crippen molar-refractivity contribution in [2.75, 3.05) is 13.1 Å². The molecule has 0 spiro atoms. The maximum absolute atomic E-state index is 2.69. The van der Waals surface area contributed by atoms with E-state index < -0.39 is 0 Å². The molecule has 1 rings (SSSR count). The molecule has 1 aliphatic rings. The summed E-state index contributed by atoms with van der Waals surface area (Å²) in [6, 6.07) is 0. The van der Waals surface area contributed by atoms with Crippen molar-refractivity contribution >= 4 is 0 Å². The molecule has 0 bridgehead atoms. The molecular formula is C22H41N. The summed E-state index contributed by atoms with van der Waals surface area (Å²) in [5.74, 6) is 0. The van der Waals surface area contributed by atoms with Crippen LogP contribution in [-0.2, 0) is 0 Å². The lowest BCUT2D eigenvalue weighted by molar-refractivity contribution is 0.167. The average Bonchev–Trinajstić information content (AvgIpc) is 2.73. The quantitative estimate of drug-likeness (QED) is 0.469. The van der Waals surface area contributed by atoms with Crippen molar-refractivity contribution in [3.63, 3.8) is 0 Å². The number of hydrogen-bond donors (Lipinski definition) is 0. The van der Waals surface area contributed by atoms with Crippen molar-refractivity contribution in [2.45, 2.75) is 99.0 Å². The van der Waals surface area contributed by atoms with Crippen LogP contribution >= 0.6 is 0 Å². The number of allylic oxidation sites excluding steroid dienone is 3. The first kappa shape index (κ1) is 20.5. The fourth-order valence-electron chi connectivity index (χ4n) is 3.81. The maximum Gasteiger partial charge on any atom is 0.0337 e. The van der Waals surface area contributed by atoms with E-state index in [9.17, 15) is 0 Å². The van der Waals surface area contributed by atoms with Crippen LogP contribution in [0.5, 0.6) is 0 Å². The first-order chi connectivity index (χ1) is 10.7. The van der Waals surface area contributed by atoms with E-state index in [4.69, 9.17) is 0 Å². The van der Waals surface area contributed by atoms with Crippen LogP contribution in [0, 0.1) is 5.41 Å². The molecule has 0 saturated carbocycles. The minimum absolute atomic E-state index is 0.194. The van der Waals surface area contributed by atoms with Gasteiger partial charge in [0, 0.05) is 5.54 Å². The van der Waals surface area contributed by atoms with E-state index in [1.807, 2.05) is 0 Å². The maximum atomic E-state index is 2.69. The zero-order chi connectivity index (χ0) is 17.5. The Kier molecular flexibility index (Phi) is 8.07. The lowest BCUT2D eigenvalue weighted by Gasteiger charge is -2.37. The molecule has 0 aromatic heterocycles. The van der Waals surface area contributed by atoms with Gasteiger partial charge < -0.3 is 0 Å². The Morgan fingerprint density at radius 3 is 2.00 bits per heavy atom. The molecule has 1 aliphatic heterocycles. The summed E-state index contributed by atoms with van der Waals surface area (Å²) in [6.07, 6.45) is 14.1. The molecule has 134 valence electrons. The van der Waals surface area contributed by atoms with Gasteiger partial charge in [-0.1, -0.05) is 56.9 Å². The van der Waals surface area contributed by atoms with Crippen LogP contribution in [0.2, 0.25) is 0 Å². The van der Waals surface area contributed by atoms with Gasteiger partial charge in [0.05, 0.1) is 0 Å². The molecule has 23 heavy (non-hydrogen) atoms. The van der Waals surface area contributed by atoms with E-state index in [1.165, 1.54) is 63.6 Å². The van der Waals surface area contributed by atoms with Crippen molar-refractivity contribution in [1.29, 1.82) is 0 Å². The normalized spacial score (nSPS) is 19.8. The van der Waals surface area contributed by atoms with Crippen LogP contribution in [0.3, 0.4) is 0 Å². The van der Waals surface area contributed by atoms with Gasteiger partial charge in [-0.05, 0) is 78.3 Å². The second kappa shape index (κ2) is 9.06. The molecule has 0 unspecified atom stereocenters. The van der Waals surface area contributed by atoms with Crippen LogP contribution < -0.4 is 0 Å². The third-order valence-corrected chi connectivity index (χ3v) is 5.34. The first-order valence-electron chi connectivity index (χ1n) is 9.75. The highest BCUT2D eigenvalue weighted by molar-refractivity contribution is 5.13. The van der Waals surface area contributed by atoms with Gasteiger partial charge in [0.2, 0.25) is 0 Å². The smallest absolute Gasteiger partial charge is 0.0337 e. The number of rotatable bonds is 7. The fraction of sp³-hybridized carbons (Fsp3) is 0.818. The van der Waals surface area contributed by atoms with E-state index in [2.05, 4.69) is 65.5 Å². The Balaban J connectivity index is 2.69. The molecule has 0 aromatic rings. The molecule has 0 N–H and O–H groups in total. The number of likely N-dealkylation sites (tertiary alicyclic amines) is 1. The van der Waals surface area contributed by atoms with Gasteiger partial charge in [0.25, 0.3) is 0 Å². The van der Waals surface area contributed by atoms with Crippen molar-refractivity contribution in [2.24, 2.45) is 5.41 Å². The summed E-state index contributed by atoms with van der Waals surface area (Å²) < 4.78 is 0. The Morgan fingerprint density at radius 1 is 0.913 bits per heavy atom. The molecule has 0 aromatic carbocycles. The van der Waals surface area contributed by atoms with Crippen LogP contribution in [0.15, 0.2) is 23.3 Å². The largest absolute Gasteiger partial charge is 0.295 e. The van der Waals surface area contributed by atoms with Crippen molar-refractivity contribution < 1.29 is 0 Å². The van der Waals surface area contributed by atoms with Crippen molar-refractivity contribution in [3.05, 3.63) is 23.3 Å². The van der Waals surface area contributed by atoms with Gasteiger partial charge in [-0.3, -0.25) is 4.90 Å². The van der Waals surface area contributed by atoms with E-state index in [0.29, 0.717) is 5.41 Å². The Bertz CT molecular complexity index is 404. The van der Waals surface area contributed by atoms with E-state index in [1.54, 1.807) is 5.57 Å². The summed E-state index contributed by atoms with van der Waals surface area (Å²) in [4.78, 5) is 2.69. The summed E-state index contributed by atoms with van der Waals surface area (Å²) in [7, 11) is 0. The average molecular weight is 320 g/mol. The molecule has 1 heteroatoms. The highest BCUT2D eigenvalue weighted by Crippen LogP contribution is 2.32. The molecule has 0 amide bonds. The second-order valence-electron chi connectivity index (χ2n) is 8.99. The van der Waals surface area contributed by atoms with Gasteiger partial charge in [0.1, 0.15) is 0 Å².